The minimum absolute atomic E-state index is 0.195. The maximum atomic E-state index is 12.6. The predicted molar refractivity (Wildman–Crippen MR) is 106 cm³/mol. The van der Waals surface area contributed by atoms with Crippen LogP contribution in [-0.4, -0.2) is 17.9 Å². The van der Waals surface area contributed by atoms with Crippen molar-refractivity contribution < 1.29 is 9.59 Å². The van der Waals surface area contributed by atoms with Gasteiger partial charge in [0.2, 0.25) is 11.8 Å². The monoisotopic (exact) mass is 358 g/mol. The summed E-state index contributed by atoms with van der Waals surface area (Å²) in [5.41, 5.74) is 8.43. The molecule has 27 heavy (non-hydrogen) atoms. The Morgan fingerprint density at radius 3 is 1.63 bits per heavy atom. The van der Waals surface area contributed by atoms with Crippen molar-refractivity contribution in [2.24, 2.45) is 5.73 Å². The van der Waals surface area contributed by atoms with E-state index in [1.165, 1.54) is 0 Å². The van der Waals surface area contributed by atoms with E-state index in [1.807, 2.05) is 91.0 Å². The number of nitrogens with two attached hydrogens (primary N) is 1. The number of benzene rings is 3. The molecule has 0 aliphatic heterocycles. The molecule has 3 rings (SSSR count). The number of primary amides is 1. The third kappa shape index (κ3) is 4.82. The topological polar surface area (TPSA) is 72.2 Å². The van der Waals surface area contributed by atoms with Crippen LogP contribution in [0.2, 0.25) is 0 Å². The minimum Gasteiger partial charge on any atom is -0.368 e. The van der Waals surface area contributed by atoms with Crippen LogP contribution in [0.4, 0.5) is 0 Å². The zero-order valence-electron chi connectivity index (χ0n) is 14.9. The third-order valence-corrected chi connectivity index (χ3v) is 4.48. The first kappa shape index (κ1) is 18.4. The van der Waals surface area contributed by atoms with Crippen LogP contribution in [0.3, 0.4) is 0 Å². The first-order valence-electron chi connectivity index (χ1n) is 8.87. The van der Waals surface area contributed by atoms with Crippen LogP contribution in [-0.2, 0) is 16.0 Å². The van der Waals surface area contributed by atoms with Gasteiger partial charge in [0, 0.05) is 5.92 Å². The highest BCUT2D eigenvalue weighted by Crippen LogP contribution is 2.28. The van der Waals surface area contributed by atoms with Crippen molar-refractivity contribution in [2.45, 2.75) is 18.4 Å². The van der Waals surface area contributed by atoms with Crippen LogP contribution in [0.15, 0.2) is 91.0 Å². The molecule has 1 atom stereocenters. The van der Waals surface area contributed by atoms with Gasteiger partial charge in [-0.15, -0.1) is 0 Å². The molecule has 0 radical (unpaired) electrons. The molecule has 3 aromatic rings. The summed E-state index contributed by atoms with van der Waals surface area (Å²) < 4.78 is 0. The van der Waals surface area contributed by atoms with Crippen LogP contribution >= 0.6 is 0 Å². The minimum atomic E-state index is -0.842. The average Bonchev–Trinajstić information content (AvgIpc) is 2.70. The lowest BCUT2D eigenvalue weighted by molar-refractivity contribution is -0.127. The fourth-order valence-corrected chi connectivity index (χ4v) is 3.22. The number of nitrogens with one attached hydrogen (secondary N) is 1. The Balaban J connectivity index is 1.89. The van der Waals surface area contributed by atoms with Gasteiger partial charge in [-0.1, -0.05) is 91.0 Å². The van der Waals surface area contributed by atoms with E-state index in [1.54, 1.807) is 0 Å². The molecule has 0 bridgehead atoms. The van der Waals surface area contributed by atoms with Gasteiger partial charge in [0.15, 0.2) is 0 Å². The highest BCUT2D eigenvalue weighted by atomic mass is 16.2. The molecule has 0 aromatic heterocycles. The van der Waals surface area contributed by atoms with Gasteiger partial charge < -0.3 is 11.1 Å². The maximum absolute atomic E-state index is 12.6. The van der Waals surface area contributed by atoms with Gasteiger partial charge in [0.05, 0.1) is 6.42 Å². The van der Waals surface area contributed by atoms with Gasteiger partial charge in [-0.3, -0.25) is 9.59 Å². The number of carbonyl (C=O) groups excluding carboxylic acids is 2. The Kier molecular flexibility index (Phi) is 6.00. The van der Waals surface area contributed by atoms with E-state index >= 15 is 0 Å². The molecule has 4 nitrogen and oxygen atoms in total. The zero-order chi connectivity index (χ0) is 19.1. The first-order chi connectivity index (χ1) is 13.1. The summed E-state index contributed by atoms with van der Waals surface area (Å²) in [5, 5.41) is 2.85. The lowest BCUT2D eigenvalue weighted by Gasteiger charge is -2.27. The summed E-state index contributed by atoms with van der Waals surface area (Å²) in [6.07, 6.45) is 0.195. The molecule has 0 saturated carbocycles. The van der Waals surface area contributed by atoms with Crippen molar-refractivity contribution in [1.29, 1.82) is 0 Å². The Morgan fingerprint density at radius 2 is 1.19 bits per heavy atom. The molecular formula is C23H22N2O2. The number of carbonyl (C=O) groups is 2. The fourth-order valence-electron chi connectivity index (χ4n) is 3.22. The standard InChI is InChI=1S/C23H22N2O2/c24-23(27)22(25-20(26)16-17-10-4-1-5-11-17)21(18-12-6-2-7-13-18)19-14-8-3-9-15-19/h1-15,21-22H,16H2,(H2,24,27)(H,25,26)/t22-/m0/s1. The highest BCUT2D eigenvalue weighted by Gasteiger charge is 2.30. The van der Waals surface area contributed by atoms with Crippen molar-refractivity contribution in [3.05, 3.63) is 108 Å². The molecular weight excluding hydrogens is 336 g/mol. The van der Waals surface area contributed by atoms with Crippen LogP contribution in [0.5, 0.6) is 0 Å². The number of amides is 2. The van der Waals surface area contributed by atoms with Crippen molar-refractivity contribution in [2.75, 3.05) is 0 Å². The third-order valence-electron chi connectivity index (χ3n) is 4.48. The van der Waals surface area contributed by atoms with E-state index in [9.17, 15) is 9.59 Å². The van der Waals surface area contributed by atoms with E-state index in [-0.39, 0.29) is 18.2 Å². The quantitative estimate of drug-likeness (QED) is 0.681. The second-order valence-corrected chi connectivity index (χ2v) is 6.41. The Hall–Kier alpha value is -3.40. The predicted octanol–water partition coefficient (Wildman–Crippen LogP) is 3.03. The summed E-state index contributed by atoms with van der Waals surface area (Å²) in [6.45, 7) is 0. The Labute approximate surface area is 159 Å². The van der Waals surface area contributed by atoms with Gasteiger partial charge in [-0.2, -0.15) is 0 Å². The molecule has 0 saturated heterocycles. The highest BCUT2D eigenvalue weighted by molar-refractivity contribution is 5.88. The molecule has 3 aromatic carbocycles. The lowest BCUT2D eigenvalue weighted by Crippen LogP contribution is -2.49. The number of hydrogen-bond donors (Lipinski definition) is 2. The molecule has 0 aliphatic carbocycles. The van der Waals surface area contributed by atoms with Crippen molar-refractivity contribution in [1.82, 2.24) is 5.32 Å². The molecule has 0 aliphatic rings. The second kappa shape index (κ2) is 8.81. The summed E-state index contributed by atoms with van der Waals surface area (Å²) in [4.78, 5) is 24.9. The summed E-state index contributed by atoms with van der Waals surface area (Å²) in [6, 6.07) is 27.8. The first-order valence-corrected chi connectivity index (χ1v) is 8.87. The average molecular weight is 358 g/mol. The molecule has 0 unspecified atom stereocenters. The van der Waals surface area contributed by atoms with Crippen LogP contribution in [0.25, 0.3) is 0 Å². The lowest BCUT2D eigenvalue weighted by atomic mass is 9.84. The molecule has 0 heterocycles. The van der Waals surface area contributed by atoms with Gasteiger partial charge in [-0.25, -0.2) is 0 Å². The SMILES string of the molecule is NC(=O)[C@@H](NC(=O)Cc1ccccc1)C(c1ccccc1)c1ccccc1. The van der Waals surface area contributed by atoms with Crippen molar-refractivity contribution in [3.8, 4) is 0 Å². The normalized spacial score (nSPS) is 11.7. The van der Waals surface area contributed by atoms with E-state index in [2.05, 4.69) is 5.32 Å². The molecule has 136 valence electrons. The van der Waals surface area contributed by atoms with E-state index in [0.717, 1.165) is 16.7 Å². The van der Waals surface area contributed by atoms with Crippen molar-refractivity contribution in [3.63, 3.8) is 0 Å². The zero-order valence-corrected chi connectivity index (χ0v) is 14.9. The maximum Gasteiger partial charge on any atom is 0.240 e. The van der Waals surface area contributed by atoms with Crippen molar-refractivity contribution >= 4 is 11.8 Å². The molecule has 4 heteroatoms. The van der Waals surface area contributed by atoms with E-state index < -0.39 is 11.9 Å². The van der Waals surface area contributed by atoms with Crippen LogP contribution < -0.4 is 11.1 Å². The fraction of sp³-hybridized carbons (Fsp3) is 0.130. The van der Waals surface area contributed by atoms with E-state index in [0.29, 0.717) is 0 Å². The molecule has 2 amide bonds. The largest absolute Gasteiger partial charge is 0.368 e. The second-order valence-electron chi connectivity index (χ2n) is 6.41. The van der Waals surface area contributed by atoms with Gasteiger partial charge >= 0.3 is 0 Å². The molecule has 0 spiro atoms. The van der Waals surface area contributed by atoms with Gasteiger partial charge in [0.25, 0.3) is 0 Å². The summed E-state index contributed by atoms with van der Waals surface area (Å²) in [7, 11) is 0. The molecule has 3 N–H and O–H groups in total. The van der Waals surface area contributed by atoms with E-state index in [4.69, 9.17) is 5.73 Å². The van der Waals surface area contributed by atoms with Crippen LogP contribution in [0, 0.1) is 0 Å². The van der Waals surface area contributed by atoms with Crippen LogP contribution in [0.1, 0.15) is 22.6 Å². The Morgan fingerprint density at radius 1 is 0.741 bits per heavy atom. The molecule has 0 fully saturated rings. The summed E-state index contributed by atoms with van der Waals surface area (Å²) >= 11 is 0. The Bertz CT molecular complexity index is 841. The van der Waals surface area contributed by atoms with Gasteiger partial charge in [-0.05, 0) is 16.7 Å². The summed E-state index contributed by atoms with van der Waals surface area (Å²) in [5.74, 6) is -1.15. The smallest absolute Gasteiger partial charge is 0.240 e. The number of rotatable bonds is 7. The van der Waals surface area contributed by atoms with Gasteiger partial charge in [0.1, 0.15) is 6.04 Å². The number of hydrogen-bond acceptors (Lipinski definition) is 2.